The SMILES string of the molecule is CC1(c2ccccc2)CC(=O)c2ccccc21. The summed E-state index contributed by atoms with van der Waals surface area (Å²) in [7, 11) is 0. The zero-order valence-electron chi connectivity index (χ0n) is 9.81. The molecule has 84 valence electrons. The molecule has 1 unspecified atom stereocenters. The van der Waals surface area contributed by atoms with E-state index in [0.29, 0.717) is 6.42 Å². The molecule has 17 heavy (non-hydrogen) atoms. The van der Waals surface area contributed by atoms with E-state index in [4.69, 9.17) is 0 Å². The summed E-state index contributed by atoms with van der Waals surface area (Å²) in [5.41, 5.74) is 3.11. The van der Waals surface area contributed by atoms with Gasteiger partial charge in [0.15, 0.2) is 5.78 Å². The Labute approximate surface area is 101 Å². The number of rotatable bonds is 1. The van der Waals surface area contributed by atoms with Gasteiger partial charge in [-0.25, -0.2) is 0 Å². The van der Waals surface area contributed by atoms with Crippen LogP contribution < -0.4 is 0 Å². The molecule has 0 amide bonds. The van der Waals surface area contributed by atoms with Crippen LogP contribution in [0.3, 0.4) is 0 Å². The maximum absolute atomic E-state index is 12.1. The third-order valence-electron chi connectivity index (χ3n) is 3.75. The van der Waals surface area contributed by atoms with E-state index in [1.54, 1.807) is 0 Å². The lowest BCUT2D eigenvalue weighted by Gasteiger charge is -2.25. The highest BCUT2D eigenvalue weighted by Gasteiger charge is 2.40. The Morgan fingerprint density at radius 1 is 0.941 bits per heavy atom. The number of benzene rings is 2. The Kier molecular flexibility index (Phi) is 2.15. The first-order valence-electron chi connectivity index (χ1n) is 5.90. The van der Waals surface area contributed by atoms with Crippen LogP contribution in [0.5, 0.6) is 0 Å². The summed E-state index contributed by atoms with van der Waals surface area (Å²) in [4.78, 5) is 12.1. The lowest BCUT2D eigenvalue weighted by Crippen LogP contribution is -2.20. The molecule has 0 saturated carbocycles. The van der Waals surface area contributed by atoms with Crippen LogP contribution in [-0.2, 0) is 5.41 Å². The van der Waals surface area contributed by atoms with Crippen LogP contribution in [0.4, 0.5) is 0 Å². The number of carbonyl (C=O) groups excluding carboxylic acids is 1. The molecule has 1 atom stereocenters. The Morgan fingerprint density at radius 2 is 1.59 bits per heavy atom. The molecule has 0 aromatic heterocycles. The highest BCUT2D eigenvalue weighted by Crippen LogP contribution is 2.43. The smallest absolute Gasteiger partial charge is 0.164 e. The van der Waals surface area contributed by atoms with Crippen LogP contribution in [-0.4, -0.2) is 5.78 Å². The molecule has 2 aromatic carbocycles. The second-order valence-electron chi connectivity index (χ2n) is 4.84. The quantitative estimate of drug-likeness (QED) is 0.720. The van der Waals surface area contributed by atoms with Gasteiger partial charge in [0.1, 0.15) is 0 Å². The number of carbonyl (C=O) groups is 1. The summed E-state index contributed by atoms with van der Waals surface area (Å²) in [5.74, 6) is 0.256. The Balaban J connectivity index is 2.21. The van der Waals surface area contributed by atoms with Gasteiger partial charge in [0.05, 0.1) is 0 Å². The lowest BCUT2D eigenvalue weighted by atomic mass is 9.77. The highest BCUT2D eigenvalue weighted by molar-refractivity contribution is 6.02. The van der Waals surface area contributed by atoms with Crippen molar-refractivity contribution >= 4 is 5.78 Å². The molecule has 1 heteroatoms. The van der Waals surface area contributed by atoms with Gasteiger partial charge in [0, 0.05) is 17.4 Å². The highest BCUT2D eigenvalue weighted by atomic mass is 16.1. The standard InChI is InChI=1S/C16H14O/c1-16(12-7-3-2-4-8-12)11-15(17)13-9-5-6-10-14(13)16/h2-10H,11H2,1H3. The molecule has 0 spiro atoms. The molecule has 1 aliphatic carbocycles. The van der Waals surface area contributed by atoms with Crippen LogP contribution >= 0.6 is 0 Å². The summed E-state index contributed by atoms with van der Waals surface area (Å²) in [5, 5.41) is 0. The monoisotopic (exact) mass is 222 g/mol. The second-order valence-corrected chi connectivity index (χ2v) is 4.84. The summed E-state index contributed by atoms with van der Waals surface area (Å²) in [6.45, 7) is 2.16. The zero-order chi connectivity index (χ0) is 11.9. The first-order valence-corrected chi connectivity index (χ1v) is 5.90. The summed E-state index contributed by atoms with van der Waals surface area (Å²) < 4.78 is 0. The third-order valence-corrected chi connectivity index (χ3v) is 3.75. The molecule has 1 aliphatic rings. The maximum Gasteiger partial charge on any atom is 0.164 e. The van der Waals surface area contributed by atoms with Crippen molar-refractivity contribution in [3.05, 3.63) is 71.3 Å². The number of Topliss-reactive ketones (excluding diaryl/α,β-unsaturated/α-hetero) is 1. The minimum Gasteiger partial charge on any atom is -0.294 e. The largest absolute Gasteiger partial charge is 0.294 e. The number of hydrogen-bond acceptors (Lipinski definition) is 1. The van der Waals surface area contributed by atoms with Crippen molar-refractivity contribution in [3.63, 3.8) is 0 Å². The minimum absolute atomic E-state index is 0.158. The number of hydrogen-bond donors (Lipinski definition) is 0. The van der Waals surface area contributed by atoms with Gasteiger partial charge < -0.3 is 0 Å². The van der Waals surface area contributed by atoms with E-state index in [1.807, 2.05) is 36.4 Å². The third kappa shape index (κ3) is 1.42. The van der Waals surface area contributed by atoms with Gasteiger partial charge in [-0.1, -0.05) is 61.5 Å². The van der Waals surface area contributed by atoms with E-state index in [9.17, 15) is 4.79 Å². The van der Waals surface area contributed by atoms with E-state index in [-0.39, 0.29) is 11.2 Å². The van der Waals surface area contributed by atoms with Crippen molar-refractivity contribution in [1.82, 2.24) is 0 Å². The van der Waals surface area contributed by atoms with Crippen molar-refractivity contribution < 1.29 is 4.79 Å². The average Bonchev–Trinajstić information content (AvgIpc) is 2.65. The summed E-state index contributed by atoms with van der Waals surface area (Å²) in [6, 6.07) is 18.3. The van der Waals surface area contributed by atoms with Crippen LogP contribution in [0.25, 0.3) is 0 Å². The van der Waals surface area contributed by atoms with E-state index >= 15 is 0 Å². The minimum atomic E-state index is -0.158. The maximum atomic E-state index is 12.1. The van der Waals surface area contributed by atoms with E-state index in [2.05, 4.69) is 25.1 Å². The molecule has 0 radical (unpaired) electrons. The molecule has 2 aromatic rings. The van der Waals surface area contributed by atoms with Gasteiger partial charge >= 0.3 is 0 Å². The molecule has 3 rings (SSSR count). The van der Waals surface area contributed by atoms with Gasteiger partial charge in [-0.15, -0.1) is 0 Å². The van der Waals surface area contributed by atoms with Crippen molar-refractivity contribution in [2.45, 2.75) is 18.8 Å². The van der Waals surface area contributed by atoms with Gasteiger partial charge in [0.25, 0.3) is 0 Å². The number of fused-ring (bicyclic) bond motifs is 1. The normalized spacial score (nSPS) is 22.5. The van der Waals surface area contributed by atoms with Crippen molar-refractivity contribution in [1.29, 1.82) is 0 Å². The van der Waals surface area contributed by atoms with Crippen molar-refractivity contribution in [2.24, 2.45) is 0 Å². The van der Waals surface area contributed by atoms with Gasteiger partial charge in [-0.2, -0.15) is 0 Å². The second kappa shape index (κ2) is 3.56. The number of ketones is 1. The molecule has 0 aliphatic heterocycles. The van der Waals surface area contributed by atoms with E-state index in [1.165, 1.54) is 5.56 Å². The first kappa shape index (κ1) is 10.3. The Morgan fingerprint density at radius 3 is 2.35 bits per heavy atom. The Hall–Kier alpha value is -1.89. The van der Waals surface area contributed by atoms with E-state index in [0.717, 1.165) is 11.1 Å². The Bertz CT molecular complexity index is 571. The lowest BCUT2D eigenvalue weighted by molar-refractivity contribution is 0.0982. The first-order chi connectivity index (χ1) is 8.22. The van der Waals surface area contributed by atoms with E-state index < -0.39 is 0 Å². The fraction of sp³-hybridized carbons (Fsp3) is 0.188. The van der Waals surface area contributed by atoms with Gasteiger partial charge in [-0.3, -0.25) is 4.79 Å². The molecule has 0 fully saturated rings. The van der Waals surface area contributed by atoms with Crippen molar-refractivity contribution in [3.8, 4) is 0 Å². The van der Waals surface area contributed by atoms with Crippen molar-refractivity contribution in [2.75, 3.05) is 0 Å². The van der Waals surface area contributed by atoms with Gasteiger partial charge in [0.2, 0.25) is 0 Å². The van der Waals surface area contributed by atoms with Crippen LogP contribution in [0, 0.1) is 0 Å². The fourth-order valence-corrected chi connectivity index (χ4v) is 2.78. The summed E-state index contributed by atoms with van der Waals surface area (Å²) >= 11 is 0. The molecule has 0 saturated heterocycles. The van der Waals surface area contributed by atoms with Gasteiger partial charge in [-0.05, 0) is 11.1 Å². The molecule has 1 nitrogen and oxygen atoms in total. The molecule has 0 bridgehead atoms. The zero-order valence-corrected chi connectivity index (χ0v) is 9.81. The average molecular weight is 222 g/mol. The summed E-state index contributed by atoms with van der Waals surface area (Å²) in [6.07, 6.45) is 0.580. The molecule has 0 heterocycles. The van der Waals surface area contributed by atoms with Crippen LogP contribution in [0.2, 0.25) is 0 Å². The predicted molar refractivity (Wildman–Crippen MR) is 68.3 cm³/mol. The fourth-order valence-electron chi connectivity index (χ4n) is 2.78. The molecular formula is C16H14O. The predicted octanol–water partition coefficient (Wildman–Crippen LogP) is 3.58. The molecule has 0 N–H and O–H groups in total. The topological polar surface area (TPSA) is 17.1 Å². The molecular weight excluding hydrogens is 208 g/mol. The van der Waals surface area contributed by atoms with Crippen LogP contribution in [0.1, 0.15) is 34.8 Å². The van der Waals surface area contributed by atoms with Crippen LogP contribution in [0.15, 0.2) is 54.6 Å².